The number of hydrogen-bond acceptors (Lipinski definition) is 3. The van der Waals surface area contributed by atoms with E-state index in [-0.39, 0.29) is 18.5 Å². The Labute approximate surface area is 174 Å². The molecule has 6 heteroatoms. The van der Waals surface area contributed by atoms with Crippen LogP contribution in [0.15, 0.2) is 42.5 Å². The number of sulfonamides is 1. The van der Waals surface area contributed by atoms with Crippen molar-refractivity contribution in [3.63, 3.8) is 0 Å². The van der Waals surface area contributed by atoms with Crippen LogP contribution in [0.5, 0.6) is 0 Å². The lowest BCUT2D eigenvalue weighted by atomic mass is 9.89. The van der Waals surface area contributed by atoms with Gasteiger partial charge in [-0.3, -0.25) is 9.10 Å². The number of carbonyl (C=O) groups excluding carboxylic acids is 1. The molecule has 0 fully saturated rings. The molecule has 0 spiro atoms. The molecule has 0 radical (unpaired) electrons. The highest BCUT2D eigenvalue weighted by Gasteiger charge is 2.22. The van der Waals surface area contributed by atoms with Crippen molar-refractivity contribution in [2.75, 3.05) is 17.1 Å². The molecule has 1 amide bonds. The van der Waals surface area contributed by atoms with Crippen molar-refractivity contribution in [1.29, 1.82) is 0 Å². The number of rotatable bonds is 7. The van der Waals surface area contributed by atoms with E-state index in [4.69, 9.17) is 0 Å². The molecule has 156 valence electrons. The second kappa shape index (κ2) is 8.99. The number of carbonyl (C=O) groups is 1. The van der Waals surface area contributed by atoms with Gasteiger partial charge in [-0.25, -0.2) is 8.42 Å². The molecule has 1 aliphatic carbocycles. The molecule has 0 saturated carbocycles. The van der Waals surface area contributed by atoms with Gasteiger partial charge < -0.3 is 5.32 Å². The van der Waals surface area contributed by atoms with Crippen molar-refractivity contribution >= 4 is 21.6 Å². The van der Waals surface area contributed by atoms with Gasteiger partial charge in [0, 0.05) is 0 Å². The van der Waals surface area contributed by atoms with E-state index in [2.05, 4.69) is 23.5 Å². The molecule has 1 atom stereocenters. The maximum Gasteiger partial charge on any atom is 0.241 e. The number of amides is 1. The van der Waals surface area contributed by atoms with Crippen LogP contribution in [0.25, 0.3) is 0 Å². The average molecular weight is 415 g/mol. The average Bonchev–Trinajstić information content (AvgIpc) is 2.71. The minimum atomic E-state index is -3.57. The van der Waals surface area contributed by atoms with Crippen molar-refractivity contribution < 1.29 is 13.2 Å². The first-order valence-electron chi connectivity index (χ1n) is 10.3. The smallest absolute Gasteiger partial charge is 0.241 e. The minimum Gasteiger partial charge on any atom is -0.348 e. The van der Waals surface area contributed by atoms with Crippen LogP contribution in [0.1, 0.15) is 55.0 Å². The Bertz CT molecular complexity index is 968. The lowest BCUT2D eigenvalue weighted by Crippen LogP contribution is -2.41. The summed E-state index contributed by atoms with van der Waals surface area (Å²) in [6.45, 7) is 3.74. The summed E-state index contributed by atoms with van der Waals surface area (Å²) < 4.78 is 25.7. The van der Waals surface area contributed by atoms with Gasteiger partial charge in [0.2, 0.25) is 15.9 Å². The Hall–Kier alpha value is -2.34. The summed E-state index contributed by atoms with van der Waals surface area (Å²) in [6.07, 6.45) is 6.64. The second-order valence-corrected chi connectivity index (χ2v) is 9.72. The van der Waals surface area contributed by atoms with Crippen LogP contribution < -0.4 is 9.62 Å². The van der Waals surface area contributed by atoms with E-state index in [0.717, 1.165) is 41.0 Å². The lowest BCUT2D eigenvalue weighted by Gasteiger charge is -2.24. The normalized spacial score (nSPS) is 14.7. The Kier molecular flexibility index (Phi) is 6.63. The molecule has 1 aliphatic rings. The zero-order chi connectivity index (χ0) is 21.0. The van der Waals surface area contributed by atoms with E-state index < -0.39 is 10.0 Å². The van der Waals surface area contributed by atoms with Crippen LogP contribution in [0.4, 0.5) is 5.69 Å². The Morgan fingerprint density at radius 2 is 1.72 bits per heavy atom. The highest BCUT2D eigenvalue weighted by Crippen LogP contribution is 2.25. The largest absolute Gasteiger partial charge is 0.348 e. The fourth-order valence-electron chi connectivity index (χ4n) is 3.82. The highest BCUT2D eigenvalue weighted by atomic mass is 32.2. The first kappa shape index (κ1) is 21.4. The predicted octanol–water partition coefficient (Wildman–Crippen LogP) is 3.77. The fourth-order valence-corrected chi connectivity index (χ4v) is 4.68. The van der Waals surface area contributed by atoms with Gasteiger partial charge >= 0.3 is 0 Å². The molecule has 0 aliphatic heterocycles. The molecule has 29 heavy (non-hydrogen) atoms. The van der Waals surface area contributed by atoms with Crippen molar-refractivity contribution in [3.05, 3.63) is 64.7 Å². The monoisotopic (exact) mass is 414 g/mol. The Morgan fingerprint density at radius 3 is 2.34 bits per heavy atom. The summed E-state index contributed by atoms with van der Waals surface area (Å²) in [6, 6.07) is 13.5. The number of aryl methyl sites for hydroxylation is 3. The molecule has 5 nitrogen and oxygen atoms in total. The topological polar surface area (TPSA) is 66.5 Å². The molecule has 3 rings (SSSR count). The van der Waals surface area contributed by atoms with Crippen molar-refractivity contribution in [1.82, 2.24) is 5.32 Å². The molecule has 0 saturated heterocycles. The third-order valence-corrected chi connectivity index (χ3v) is 6.71. The number of benzene rings is 2. The molecule has 0 bridgehead atoms. The predicted molar refractivity (Wildman–Crippen MR) is 118 cm³/mol. The molecular weight excluding hydrogens is 384 g/mol. The van der Waals surface area contributed by atoms with Crippen LogP contribution in [0, 0.1) is 0 Å². The van der Waals surface area contributed by atoms with Gasteiger partial charge in [-0.2, -0.15) is 0 Å². The summed E-state index contributed by atoms with van der Waals surface area (Å²) in [7, 11) is -3.57. The van der Waals surface area contributed by atoms with Gasteiger partial charge in [0.05, 0.1) is 18.0 Å². The molecule has 0 unspecified atom stereocenters. The molecule has 0 aromatic heterocycles. The zero-order valence-corrected chi connectivity index (χ0v) is 18.3. The molecule has 0 heterocycles. The number of nitrogens with one attached hydrogen (secondary N) is 1. The van der Waals surface area contributed by atoms with Gasteiger partial charge in [0.15, 0.2) is 0 Å². The molecule has 2 aromatic carbocycles. The summed E-state index contributed by atoms with van der Waals surface area (Å²) in [4.78, 5) is 12.7. The van der Waals surface area contributed by atoms with E-state index >= 15 is 0 Å². The molecule has 1 N–H and O–H groups in total. The number of fused-ring (bicyclic) bond motifs is 1. The van der Waals surface area contributed by atoms with E-state index in [1.165, 1.54) is 24.0 Å². The highest BCUT2D eigenvalue weighted by molar-refractivity contribution is 7.92. The van der Waals surface area contributed by atoms with Crippen molar-refractivity contribution in [2.24, 2.45) is 0 Å². The van der Waals surface area contributed by atoms with Gasteiger partial charge in [-0.1, -0.05) is 37.3 Å². The fraction of sp³-hybridized carbons (Fsp3) is 0.435. The van der Waals surface area contributed by atoms with Crippen LogP contribution in [0.2, 0.25) is 0 Å². The van der Waals surface area contributed by atoms with E-state index in [9.17, 15) is 13.2 Å². The standard InChI is InChI=1S/C23H30N2O3S/c1-4-18-9-13-22(14-10-18)25(29(3,27)28)16-23(26)24-17(2)20-12-11-19-7-5-6-8-21(19)15-20/h9-15,17H,4-8,16H2,1-3H3,(H,24,26)/t17-/m1/s1. The maximum absolute atomic E-state index is 12.7. The van der Waals surface area contributed by atoms with Gasteiger partial charge in [0.25, 0.3) is 0 Å². The minimum absolute atomic E-state index is 0.182. The third-order valence-electron chi connectivity index (χ3n) is 5.57. The van der Waals surface area contributed by atoms with Crippen LogP contribution in [-0.2, 0) is 34.1 Å². The lowest BCUT2D eigenvalue weighted by molar-refractivity contribution is -0.120. The van der Waals surface area contributed by atoms with E-state index in [1.54, 1.807) is 12.1 Å². The number of anilines is 1. The summed E-state index contributed by atoms with van der Waals surface area (Å²) in [5.41, 5.74) is 5.44. The van der Waals surface area contributed by atoms with Gasteiger partial charge in [0.1, 0.15) is 6.54 Å². The van der Waals surface area contributed by atoms with Crippen LogP contribution in [0.3, 0.4) is 0 Å². The first-order valence-corrected chi connectivity index (χ1v) is 12.1. The third kappa shape index (κ3) is 5.38. The number of hydrogen-bond donors (Lipinski definition) is 1. The number of nitrogens with zero attached hydrogens (tertiary/aromatic N) is 1. The molecular formula is C23H30N2O3S. The quantitative estimate of drug-likeness (QED) is 0.750. The Balaban J connectivity index is 1.71. The summed E-state index contributed by atoms with van der Waals surface area (Å²) >= 11 is 0. The van der Waals surface area contributed by atoms with Crippen LogP contribution >= 0.6 is 0 Å². The van der Waals surface area contributed by atoms with Crippen molar-refractivity contribution in [3.8, 4) is 0 Å². The zero-order valence-electron chi connectivity index (χ0n) is 17.4. The maximum atomic E-state index is 12.7. The summed E-state index contributed by atoms with van der Waals surface area (Å²) in [5, 5.41) is 2.95. The first-order chi connectivity index (χ1) is 13.8. The van der Waals surface area contributed by atoms with Crippen molar-refractivity contribution in [2.45, 2.75) is 52.0 Å². The summed E-state index contributed by atoms with van der Waals surface area (Å²) in [5.74, 6) is -0.319. The SMILES string of the molecule is CCc1ccc(N(CC(=O)N[C@H](C)c2ccc3c(c2)CCCC3)S(C)(=O)=O)cc1. The van der Waals surface area contributed by atoms with Gasteiger partial charge in [-0.15, -0.1) is 0 Å². The van der Waals surface area contributed by atoms with Crippen LogP contribution in [-0.4, -0.2) is 27.1 Å². The van der Waals surface area contributed by atoms with E-state index in [0.29, 0.717) is 5.69 Å². The second-order valence-electron chi connectivity index (χ2n) is 7.81. The van der Waals surface area contributed by atoms with Gasteiger partial charge in [-0.05, 0) is 73.4 Å². The van der Waals surface area contributed by atoms with E-state index in [1.807, 2.05) is 26.0 Å². The molecule has 2 aromatic rings. The Morgan fingerprint density at radius 1 is 1.07 bits per heavy atom.